The summed E-state index contributed by atoms with van der Waals surface area (Å²) < 4.78 is 59.0. The number of amides is 3. The Hall–Kier alpha value is -2.85. The van der Waals surface area contributed by atoms with Crippen LogP contribution in [0.15, 0.2) is 12.2 Å². The predicted octanol–water partition coefficient (Wildman–Crippen LogP) is -0.248. The quantitative estimate of drug-likeness (QED) is 0.0276. The van der Waals surface area contributed by atoms with E-state index in [1.165, 1.54) is 116 Å². The van der Waals surface area contributed by atoms with Gasteiger partial charge in [0.2, 0.25) is 17.7 Å². The number of carbonyl (C=O) groups excluding carboxylic acids is 3. The summed E-state index contributed by atoms with van der Waals surface area (Å²) in [4.78, 5) is 38.5. The van der Waals surface area contributed by atoms with Gasteiger partial charge in [-0.15, -0.1) is 0 Å². The average molecular weight is 1460 g/mol. The van der Waals surface area contributed by atoms with E-state index < -0.39 is 217 Å². The number of ether oxygens (including phenoxy) is 10. The number of unbranched alkanes of at least 4 members (excludes halogenated alkanes) is 25. The minimum atomic E-state index is -2.20. The molecule has 5 aliphatic heterocycles. The van der Waals surface area contributed by atoms with E-state index in [0.29, 0.717) is 12.8 Å². The van der Waals surface area contributed by atoms with Gasteiger partial charge in [-0.2, -0.15) is 0 Å². The number of carbonyl (C=O) groups is 3. The lowest BCUT2D eigenvalue weighted by molar-refractivity contribution is -0.388. The van der Waals surface area contributed by atoms with Crippen molar-refractivity contribution >= 4 is 17.7 Å². The topological polar surface area (TPSA) is 483 Å². The summed E-state index contributed by atoms with van der Waals surface area (Å²) in [7, 11) is 0. The highest BCUT2D eigenvalue weighted by molar-refractivity contribution is 5.76. The molecule has 0 aromatic carbocycles. The molecule has 5 fully saturated rings. The molecule has 590 valence electrons. The molecule has 0 aromatic heterocycles. The van der Waals surface area contributed by atoms with Gasteiger partial charge in [-0.05, 0) is 19.3 Å². The molecule has 0 bridgehead atoms. The summed E-state index contributed by atoms with van der Waals surface area (Å²) in [6.07, 6.45) is -9.32. The molecular formula is C70H127N3O28. The van der Waals surface area contributed by atoms with Crippen molar-refractivity contribution in [2.45, 2.75) is 373 Å². The summed E-state index contributed by atoms with van der Waals surface area (Å²) in [5.74, 6) is -1.87. The van der Waals surface area contributed by atoms with Gasteiger partial charge in [-0.3, -0.25) is 14.4 Å². The lowest BCUT2D eigenvalue weighted by atomic mass is 9.93. The normalized spacial score (nSPS) is 35.3. The van der Waals surface area contributed by atoms with Crippen LogP contribution in [0.4, 0.5) is 0 Å². The highest BCUT2D eigenvalue weighted by Crippen LogP contribution is 2.37. The summed E-state index contributed by atoms with van der Waals surface area (Å²) in [5, 5.41) is 174. The molecule has 31 nitrogen and oxygen atoms in total. The smallest absolute Gasteiger partial charge is 0.220 e. The average Bonchev–Trinajstić information content (AvgIpc) is 0.775. The molecule has 0 aromatic rings. The van der Waals surface area contributed by atoms with E-state index in [2.05, 4.69) is 29.8 Å². The molecule has 31 heteroatoms. The number of hydrogen-bond acceptors (Lipinski definition) is 28. The standard InChI is InChI=1S/C70H127N3O28/c1-5-7-9-11-13-15-17-19-20-22-24-26-28-30-32-34-50(82)73-43(44(81)33-31-29-27-25-23-21-18-16-14-12-10-8-6-2)40-92-68-59(89)57(87)62(48(38-77)96-68)98-69-60(90)58(88)63(49(39-78)97-69)99-70-61(91)65(55(85)47(37-76)95-70)101-67-52(72-42(4)80)64(54(84)46(36-75)94-67)100-66-51(71-41(3)79)56(86)53(83)45(35-74)93-66/h31,33,43-49,51-70,74-78,81,83-91H,5-30,32,34-40H2,1-4H3,(H,71,79)(H,72,80)(H,73,82)/b33-31+/t43-,44+,45?,46?,47?,48?,49?,51?,52?,53-,54-,55-,56+,57+,58+,59?,60?,61?,62+,63-,64+,65-,66+,67-,68+,69-,70-/m0/s1. The van der Waals surface area contributed by atoms with Gasteiger partial charge in [0.05, 0.1) is 51.8 Å². The van der Waals surface area contributed by atoms with E-state index in [0.717, 1.165) is 58.8 Å². The highest BCUT2D eigenvalue weighted by atomic mass is 16.8. The lowest BCUT2D eigenvalue weighted by Gasteiger charge is -2.50. The molecule has 5 aliphatic rings. The molecule has 18 N–H and O–H groups in total. The molecule has 0 radical (unpaired) electrons. The van der Waals surface area contributed by atoms with Crippen LogP contribution in [0, 0.1) is 0 Å². The second-order valence-electron chi connectivity index (χ2n) is 27.8. The van der Waals surface area contributed by atoms with E-state index in [1.54, 1.807) is 6.08 Å². The zero-order valence-electron chi connectivity index (χ0n) is 59.8. The minimum Gasteiger partial charge on any atom is -0.394 e. The third-order valence-electron chi connectivity index (χ3n) is 19.6. The van der Waals surface area contributed by atoms with Gasteiger partial charge < -0.3 is 140 Å². The van der Waals surface area contributed by atoms with Crippen molar-refractivity contribution in [1.29, 1.82) is 0 Å². The molecule has 5 saturated heterocycles. The summed E-state index contributed by atoms with van der Waals surface area (Å²) in [5.41, 5.74) is 0. The van der Waals surface area contributed by atoms with Crippen LogP contribution >= 0.6 is 0 Å². The number of rotatable bonds is 49. The Morgan fingerprint density at radius 1 is 0.386 bits per heavy atom. The third kappa shape index (κ3) is 28.3. The van der Waals surface area contributed by atoms with E-state index in [-0.39, 0.29) is 12.3 Å². The third-order valence-corrected chi connectivity index (χ3v) is 19.6. The van der Waals surface area contributed by atoms with Crippen LogP contribution in [0.25, 0.3) is 0 Å². The van der Waals surface area contributed by atoms with Crippen molar-refractivity contribution in [3.05, 3.63) is 12.2 Å². The predicted molar refractivity (Wildman–Crippen MR) is 361 cm³/mol. The Kier molecular flexibility index (Phi) is 42.6. The van der Waals surface area contributed by atoms with Crippen molar-refractivity contribution in [2.75, 3.05) is 39.6 Å². The van der Waals surface area contributed by atoms with Crippen LogP contribution in [-0.2, 0) is 61.8 Å². The maximum Gasteiger partial charge on any atom is 0.220 e. The van der Waals surface area contributed by atoms with Gasteiger partial charge in [0.1, 0.15) is 122 Å². The molecule has 5 heterocycles. The Morgan fingerprint density at radius 3 is 1.21 bits per heavy atom. The van der Waals surface area contributed by atoms with Crippen LogP contribution in [0.2, 0.25) is 0 Å². The van der Waals surface area contributed by atoms with Crippen molar-refractivity contribution in [2.24, 2.45) is 0 Å². The van der Waals surface area contributed by atoms with Crippen molar-refractivity contribution < 1.29 is 138 Å². The molecule has 10 unspecified atom stereocenters. The fourth-order valence-corrected chi connectivity index (χ4v) is 13.6. The Labute approximate surface area is 594 Å². The van der Waals surface area contributed by atoms with Gasteiger partial charge in [-0.1, -0.05) is 180 Å². The number of nitrogens with one attached hydrogen (secondary N) is 3. The zero-order chi connectivity index (χ0) is 74.0. The summed E-state index contributed by atoms with van der Waals surface area (Å²) in [6.45, 7) is 1.39. The van der Waals surface area contributed by atoms with Crippen LogP contribution in [0.1, 0.15) is 207 Å². The first-order chi connectivity index (χ1) is 48.6. The minimum absolute atomic E-state index is 0.196. The van der Waals surface area contributed by atoms with Crippen LogP contribution in [0.5, 0.6) is 0 Å². The summed E-state index contributed by atoms with van der Waals surface area (Å²) >= 11 is 0. The first-order valence-electron chi connectivity index (χ1n) is 37.5. The molecule has 0 aliphatic carbocycles. The fraction of sp³-hybridized carbons (Fsp3) is 0.929. The van der Waals surface area contributed by atoms with Gasteiger partial charge in [0, 0.05) is 20.3 Å². The van der Waals surface area contributed by atoms with Crippen LogP contribution < -0.4 is 16.0 Å². The second kappa shape index (κ2) is 48.5. The maximum absolute atomic E-state index is 13.5. The molecule has 0 saturated carbocycles. The second-order valence-corrected chi connectivity index (χ2v) is 27.8. The summed E-state index contributed by atoms with van der Waals surface area (Å²) in [6, 6.07) is -4.32. The van der Waals surface area contributed by atoms with E-state index in [4.69, 9.17) is 47.4 Å². The molecular weight excluding hydrogens is 1330 g/mol. The van der Waals surface area contributed by atoms with E-state index in [1.807, 2.05) is 6.08 Å². The number of aliphatic hydroxyl groups excluding tert-OH is 15. The van der Waals surface area contributed by atoms with E-state index in [9.17, 15) is 91.0 Å². The highest BCUT2D eigenvalue weighted by Gasteiger charge is 2.57. The lowest BCUT2D eigenvalue weighted by Crippen LogP contribution is -2.71. The number of aliphatic hydroxyl groups is 15. The van der Waals surface area contributed by atoms with Crippen molar-refractivity contribution in [3.8, 4) is 0 Å². The molecule has 0 spiro atoms. The van der Waals surface area contributed by atoms with E-state index >= 15 is 0 Å². The van der Waals surface area contributed by atoms with Gasteiger partial charge in [0.15, 0.2) is 31.5 Å². The number of allylic oxidation sites excluding steroid dienone is 1. The molecule has 3 amide bonds. The molecule has 101 heavy (non-hydrogen) atoms. The van der Waals surface area contributed by atoms with Crippen molar-refractivity contribution in [3.63, 3.8) is 0 Å². The SMILES string of the molecule is CCCCCCCCCCCCC/C=C/[C@@H](O)[C@H](CO[C@@H]1OC(CO)[C@@H](O[C@@H]2OC(CO)[C@H](O[C@@H]3OC(CO)[C@H](O)[C@H](O[C@@H]4OC(CO)[C@H](O)[C@H](O[C@H]5OC(CO)[C@H](O)[C@H](O)C5NC(C)=O)C4NC(C)=O)C3O)[C@H](O)C2O)[C@H](O)C1O)NC(=O)CCCCCCCCCCCCCCCCC. The van der Waals surface area contributed by atoms with Crippen molar-refractivity contribution in [1.82, 2.24) is 16.0 Å². The van der Waals surface area contributed by atoms with Crippen LogP contribution in [-0.4, -0.2) is 300 Å². The zero-order valence-corrected chi connectivity index (χ0v) is 59.8. The first kappa shape index (κ1) is 88.8. The number of hydrogen-bond donors (Lipinski definition) is 18. The Bertz CT molecular complexity index is 2270. The molecule has 27 atom stereocenters. The van der Waals surface area contributed by atoms with Gasteiger partial charge >= 0.3 is 0 Å². The first-order valence-corrected chi connectivity index (χ1v) is 37.5. The Balaban J connectivity index is 1.21. The van der Waals surface area contributed by atoms with Crippen LogP contribution in [0.3, 0.4) is 0 Å². The fourth-order valence-electron chi connectivity index (χ4n) is 13.6. The van der Waals surface area contributed by atoms with Gasteiger partial charge in [0.25, 0.3) is 0 Å². The van der Waals surface area contributed by atoms with Gasteiger partial charge in [-0.25, -0.2) is 0 Å². The largest absolute Gasteiger partial charge is 0.394 e. The monoisotopic (exact) mass is 1460 g/mol. The maximum atomic E-state index is 13.5. The Morgan fingerprint density at radius 2 is 0.743 bits per heavy atom. The molecule has 5 rings (SSSR count).